The Kier molecular flexibility index (Phi) is 11.3. The summed E-state index contributed by atoms with van der Waals surface area (Å²) >= 11 is 0. The van der Waals surface area contributed by atoms with Crippen LogP contribution in [-0.4, -0.2) is 63.3 Å². The van der Waals surface area contributed by atoms with Crippen molar-refractivity contribution < 1.29 is 4.74 Å². The second-order valence-electron chi connectivity index (χ2n) is 7.39. The van der Waals surface area contributed by atoms with Crippen LogP contribution in [0.25, 0.3) is 0 Å². The Bertz CT molecular complexity index is 386. The van der Waals surface area contributed by atoms with Crippen LogP contribution in [0, 0.1) is 5.41 Å². The fraction of sp³-hybridized carbons (Fsp3) is 0.947. The van der Waals surface area contributed by atoms with Gasteiger partial charge in [0.15, 0.2) is 5.96 Å². The molecule has 1 atom stereocenters. The Labute approximate surface area is 171 Å². The van der Waals surface area contributed by atoms with Crippen LogP contribution in [0.3, 0.4) is 0 Å². The number of guanidine groups is 1. The van der Waals surface area contributed by atoms with Crippen molar-refractivity contribution in [3.8, 4) is 0 Å². The molecular weight excluding hydrogens is 427 g/mol. The summed E-state index contributed by atoms with van der Waals surface area (Å²) in [5.74, 6) is 0.959. The Balaban J connectivity index is 0.00000312. The largest absolute Gasteiger partial charge is 0.382 e. The van der Waals surface area contributed by atoms with E-state index in [0.29, 0.717) is 11.5 Å². The van der Waals surface area contributed by atoms with Gasteiger partial charge in [0.1, 0.15) is 0 Å². The molecule has 1 unspecified atom stereocenters. The van der Waals surface area contributed by atoms with Crippen LogP contribution in [0.5, 0.6) is 0 Å². The zero-order chi connectivity index (χ0) is 17.3. The molecular formula is C19H39IN4O. The van der Waals surface area contributed by atoms with Gasteiger partial charge < -0.3 is 15.4 Å². The second kappa shape index (κ2) is 12.3. The highest BCUT2D eigenvalue weighted by molar-refractivity contribution is 14.0. The third-order valence-corrected chi connectivity index (χ3v) is 5.91. The number of nitrogens with zero attached hydrogens (tertiary/aromatic N) is 2. The van der Waals surface area contributed by atoms with Crippen LogP contribution in [0.1, 0.15) is 58.8 Å². The molecule has 1 aliphatic carbocycles. The van der Waals surface area contributed by atoms with Crippen molar-refractivity contribution in [2.45, 2.75) is 64.8 Å². The molecule has 1 saturated heterocycles. The van der Waals surface area contributed by atoms with E-state index < -0.39 is 0 Å². The maximum absolute atomic E-state index is 5.61. The molecule has 1 saturated carbocycles. The lowest BCUT2D eigenvalue weighted by molar-refractivity contribution is 0.105. The SMILES string of the molecule is CCOCCC1(CNC(=NC)NCC2CCCN2CC)CCCC1.I. The van der Waals surface area contributed by atoms with E-state index >= 15 is 0 Å². The molecule has 0 aromatic rings. The summed E-state index contributed by atoms with van der Waals surface area (Å²) in [5, 5.41) is 7.15. The second-order valence-corrected chi connectivity index (χ2v) is 7.39. The van der Waals surface area contributed by atoms with Crippen LogP contribution in [-0.2, 0) is 4.74 Å². The van der Waals surface area contributed by atoms with E-state index in [1.54, 1.807) is 0 Å². The fourth-order valence-corrected chi connectivity index (χ4v) is 4.32. The van der Waals surface area contributed by atoms with Crippen molar-refractivity contribution in [3.63, 3.8) is 0 Å². The van der Waals surface area contributed by atoms with Gasteiger partial charge in [0.2, 0.25) is 0 Å². The quantitative estimate of drug-likeness (QED) is 0.237. The molecule has 0 amide bonds. The van der Waals surface area contributed by atoms with E-state index in [9.17, 15) is 0 Å². The lowest BCUT2D eigenvalue weighted by atomic mass is 9.83. The predicted octanol–water partition coefficient (Wildman–Crippen LogP) is 3.24. The number of hydrogen-bond donors (Lipinski definition) is 2. The Hall–Kier alpha value is -0.0800. The highest BCUT2D eigenvalue weighted by Crippen LogP contribution is 2.40. The molecule has 1 heterocycles. The molecule has 5 nitrogen and oxygen atoms in total. The van der Waals surface area contributed by atoms with Gasteiger partial charge in [-0.1, -0.05) is 19.8 Å². The van der Waals surface area contributed by atoms with Crippen molar-refractivity contribution >= 4 is 29.9 Å². The number of halogens is 1. The standard InChI is InChI=1S/C19H38N4O.HI/c1-4-23-13-8-9-17(23)15-21-18(20-3)22-16-19(10-6-7-11-19)12-14-24-5-2;/h17H,4-16H2,1-3H3,(H2,20,21,22);1H. The normalized spacial score (nSPS) is 23.5. The van der Waals surface area contributed by atoms with E-state index in [0.717, 1.165) is 45.2 Å². The molecule has 2 rings (SSSR count). The lowest BCUT2D eigenvalue weighted by Crippen LogP contribution is -2.47. The molecule has 0 aromatic heterocycles. The molecule has 2 fully saturated rings. The topological polar surface area (TPSA) is 48.9 Å². The first-order chi connectivity index (χ1) is 11.7. The average molecular weight is 466 g/mol. The van der Waals surface area contributed by atoms with Gasteiger partial charge in [-0.3, -0.25) is 9.89 Å². The van der Waals surface area contributed by atoms with Gasteiger partial charge >= 0.3 is 0 Å². The zero-order valence-electron chi connectivity index (χ0n) is 16.5. The average Bonchev–Trinajstić information content (AvgIpc) is 3.25. The van der Waals surface area contributed by atoms with Crippen molar-refractivity contribution in [2.75, 3.05) is 46.4 Å². The number of rotatable bonds is 9. The van der Waals surface area contributed by atoms with Crippen molar-refractivity contribution in [3.05, 3.63) is 0 Å². The van der Waals surface area contributed by atoms with Crippen LogP contribution in [0.15, 0.2) is 4.99 Å². The molecule has 0 radical (unpaired) electrons. The van der Waals surface area contributed by atoms with Crippen LogP contribution < -0.4 is 10.6 Å². The highest BCUT2D eigenvalue weighted by atomic mass is 127. The van der Waals surface area contributed by atoms with Gasteiger partial charge in [0.05, 0.1) is 0 Å². The Morgan fingerprint density at radius 3 is 2.60 bits per heavy atom. The van der Waals surface area contributed by atoms with E-state index in [1.165, 1.54) is 45.1 Å². The number of aliphatic imine (C=N–C) groups is 1. The number of nitrogens with one attached hydrogen (secondary N) is 2. The zero-order valence-corrected chi connectivity index (χ0v) is 18.8. The van der Waals surface area contributed by atoms with Gasteiger partial charge in [-0.2, -0.15) is 0 Å². The molecule has 0 spiro atoms. The van der Waals surface area contributed by atoms with E-state index in [-0.39, 0.29) is 24.0 Å². The molecule has 25 heavy (non-hydrogen) atoms. The minimum atomic E-state index is 0. The summed E-state index contributed by atoms with van der Waals surface area (Å²) in [7, 11) is 1.88. The molecule has 0 bridgehead atoms. The summed E-state index contributed by atoms with van der Waals surface area (Å²) in [4.78, 5) is 7.00. The lowest BCUT2D eigenvalue weighted by Gasteiger charge is -2.30. The van der Waals surface area contributed by atoms with Crippen LogP contribution in [0.4, 0.5) is 0 Å². The van der Waals surface area contributed by atoms with Gasteiger partial charge in [-0.05, 0) is 57.5 Å². The number of likely N-dealkylation sites (N-methyl/N-ethyl adjacent to an activating group) is 1. The summed E-state index contributed by atoms with van der Waals surface area (Å²) in [6, 6.07) is 0.659. The Morgan fingerprint density at radius 2 is 1.96 bits per heavy atom. The Morgan fingerprint density at radius 1 is 1.20 bits per heavy atom. The van der Waals surface area contributed by atoms with E-state index in [1.807, 2.05) is 7.05 Å². The number of hydrogen-bond acceptors (Lipinski definition) is 3. The highest BCUT2D eigenvalue weighted by Gasteiger charge is 2.33. The van der Waals surface area contributed by atoms with Crippen molar-refractivity contribution in [1.29, 1.82) is 0 Å². The van der Waals surface area contributed by atoms with Crippen LogP contribution in [0.2, 0.25) is 0 Å². The maximum atomic E-state index is 5.61. The van der Waals surface area contributed by atoms with Crippen molar-refractivity contribution in [1.82, 2.24) is 15.5 Å². The minimum Gasteiger partial charge on any atom is -0.382 e. The fourth-order valence-electron chi connectivity index (χ4n) is 4.32. The van der Waals surface area contributed by atoms with Crippen molar-refractivity contribution in [2.24, 2.45) is 10.4 Å². The molecule has 0 aromatic carbocycles. The van der Waals surface area contributed by atoms with Crippen LogP contribution >= 0.6 is 24.0 Å². The maximum Gasteiger partial charge on any atom is 0.191 e. The molecule has 2 N–H and O–H groups in total. The first-order valence-corrected chi connectivity index (χ1v) is 9.99. The first kappa shape index (κ1) is 23.0. The first-order valence-electron chi connectivity index (χ1n) is 9.99. The molecule has 148 valence electrons. The third kappa shape index (κ3) is 7.21. The van der Waals surface area contributed by atoms with E-state index in [4.69, 9.17) is 4.74 Å². The van der Waals surface area contributed by atoms with E-state index in [2.05, 4.69) is 34.4 Å². The molecule has 2 aliphatic rings. The number of ether oxygens (including phenoxy) is 1. The summed E-state index contributed by atoms with van der Waals surface area (Å²) in [6.07, 6.45) is 9.13. The molecule has 6 heteroatoms. The van der Waals surface area contributed by atoms with Gasteiger partial charge in [0.25, 0.3) is 0 Å². The smallest absolute Gasteiger partial charge is 0.191 e. The minimum absolute atomic E-state index is 0. The predicted molar refractivity (Wildman–Crippen MR) is 117 cm³/mol. The third-order valence-electron chi connectivity index (χ3n) is 5.91. The summed E-state index contributed by atoms with van der Waals surface area (Å²) < 4.78 is 5.61. The van der Waals surface area contributed by atoms with Gasteiger partial charge in [-0.25, -0.2) is 0 Å². The summed E-state index contributed by atoms with van der Waals surface area (Å²) in [5.41, 5.74) is 0.398. The monoisotopic (exact) mass is 466 g/mol. The summed E-state index contributed by atoms with van der Waals surface area (Å²) in [6.45, 7) is 10.5. The number of likely N-dealkylation sites (tertiary alicyclic amines) is 1. The van der Waals surface area contributed by atoms with Gasteiger partial charge in [0, 0.05) is 39.4 Å². The van der Waals surface area contributed by atoms with Gasteiger partial charge in [-0.15, -0.1) is 24.0 Å². The molecule has 1 aliphatic heterocycles.